The summed E-state index contributed by atoms with van der Waals surface area (Å²) < 4.78 is 61.3. The highest BCUT2D eigenvalue weighted by molar-refractivity contribution is 7.88. The van der Waals surface area contributed by atoms with Gasteiger partial charge in [-0.05, 0) is 54.9 Å². The van der Waals surface area contributed by atoms with E-state index in [2.05, 4.69) is 27.7 Å². The van der Waals surface area contributed by atoms with Gasteiger partial charge in [0.15, 0.2) is 0 Å². The number of rotatable bonds is 7. The molecule has 18 atom stereocenters. The Kier molecular flexibility index (Phi) is 6.63. The normalized spacial score (nSPS) is 67.3. The van der Waals surface area contributed by atoms with Gasteiger partial charge in [0.05, 0.1) is 0 Å². The zero-order valence-corrected chi connectivity index (χ0v) is 34.8. The van der Waals surface area contributed by atoms with Crippen molar-refractivity contribution in [3.63, 3.8) is 0 Å². The van der Waals surface area contributed by atoms with E-state index in [-0.39, 0.29) is 39.1 Å². The number of hydrogen-bond acceptors (Lipinski definition) is 12. The van der Waals surface area contributed by atoms with Gasteiger partial charge >= 0.3 is 50.9 Å². The second-order valence-corrected chi connectivity index (χ2v) is 48.8. The number of aliphatic hydroxyl groups is 1. The van der Waals surface area contributed by atoms with Crippen LogP contribution >= 0.6 is 60.7 Å². The van der Waals surface area contributed by atoms with E-state index in [1.165, 1.54) is 0 Å². The molecule has 0 saturated carbocycles. The molecular weight excluding hydrogens is 738 g/mol. The van der Waals surface area contributed by atoms with Crippen LogP contribution in [0.4, 0.5) is 0 Å². The molecule has 210 valence electrons. The van der Waals surface area contributed by atoms with Crippen molar-refractivity contribution in [3.8, 4) is 0 Å². The Morgan fingerprint density at radius 3 is 2.03 bits per heavy atom. The molecule has 7 fully saturated rings. The Morgan fingerprint density at radius 2 is 1.49 bits per heavy atom. The smallest absolute Gasteiger partial charge is 0.406 e. The van der Waals surface area contributed by atoms with Crippen LogP contribution in [0.2, 0.25) is 0 Å². The molecule has 7 saturated heterocycles. The van der Waals surface area contributed by atoms with Gasteiger partial charge in [-0.2, -0.15) is 0 Å². The van der Waals surface area contributed by atoms with Crippen LogP contribution in [0.15, 0.2) is 0 Å². The van der Waals surface area contributed by atoms with E-state index in [1.807, 2.05) is 26.7 Å². The lowest BCUT2D eigenvalue weighted by Gasteiger charge is -2.78. The van der Waals surface area contributed by atoms with Crippen LogP contribution in [0, 0.1) is 0 Å². The molecule has 3 spiro atoms. The maximum atomic E-state index is 12.6. The fourth-order valence-corrected chi connectivity index (χ4v) is 91.0. The summed E-state index contributed by atoms with van der Waals surface area (Å²) in [5, 5.41) is 9.14. The Hall–Kier alpha value is 4.05. The summed E-state index contributed by atoms with van der Waals surface area (Å²) in [7, 11) is -17.4. The average Bonchev–Trinajstić information content (AvgIpc) is 3.42. The van der Waals surface area contributed by atoms with Crippen molar-refractivity contribution in [2.24, 2.45) is 0 Å². The van der Waals surface area contributed by atoms with Crippen LogP contribution in [0.3, 0.4) is 0 Å². The minimum absolute atomic E-state index is 0.0274. The molecule has 0 aromatic rings. The first kappa shape index (κ1) is 29.7. The Morgan fingerprint density at radius 1 is 0.757 bits per heavy atom. The van der Waals surface area contributed by atoms with Gasteiger partial charge in [0.1, 0.15) is 9.44 Å². The molecule has 7 rings (SSSR count). The molecular formula is C11H31O12P7Si7. The van der Waals surface area contributed by atoms with Crippen LogP contribution in [-0.2, 0) is 38.6 Å². The predicted molar refractivity (Wildman–Crippen MR) is 168 cm³/mol. The highest BCUT2D eigenvalue weighted by atomic mass is 31.4. The summed E-state index contributed by atoms with van der Waals surface area (Å²) in [4.78, 5) is 22.6. The van der Waals surface area contributed by atoms with E-state index >= 15 is 0 Å². The quantitative estimate of drug-likeness (QED) is 0.202. The Bertz CT molecular complexity index is 1120. The SMILES string of the molecule is CPC12O[Si]3(CP)O[Si]4(PC)OC56O[Si]1(O3)C1(O[Si](O)(PC)O[Si]12CP)O[Si]5(O)C(O)(CP)[Si]6(PC)O4. The summed E-state index contributed by atoms with van der Waals surface area (Å²) in [5.41, 5.74) is 0. The zero-order chi connectivity index (χ0) is 26.8. The summed E-state index contributed by atoms with van der Waals surface area (Å²) in [6.45, 7) is 7.80. The third-order valence-electron chi connectivity index (χ3n) is 8.85. The van der Waals surface area contributed by atoms with Crippen LogP contribution in [0.25, 0.3) is 0 Å². The van der Waals surface area contributed by atoms with Gasteiger partial charge in [0, 0.05) is 5.79 Å². The number of fused-ring (bicyclic) bond motifs is 3. The lowest BCUT2D eigenvalue weighted by atomic mass is 10.8. The summed E-state index contributed by atoms with van der Waals surface area (Å²) in [6.07, 6.45) is 0.136. The zero-order valence-electron chi connectivity index (χ0n) is 20.4. The Balaban J connectivity index is 1.57. The molecule has 37 heavy (non-hydrogen) atoms. The molecule has 7 heterocycles. The third kappa shape index (κ3) is 2.54. The van der Waals surface area contributed by atoms with Crippen molar-refractivity contribution >= 4 is 120 Å². The second-order valence-electron chi connectivity index (χ2n) is 9.90. The highest BCUT2D eigenvalue weighted by Gasteiger charge is 3.15. The highest BCUT2D eigenvalue weighted by Crippen LogP contribution is 2.83. The summed E-state index contributed by atoms with van der Waals surface area (Å²) in [6, 6.07) is 0. The number of hydrogen-bond donors (Lipinski definition) is 3. The molecule has 7 aliphatic rings. The second kappa shape index (κ2) is 8.25. The summed E-state index contributed by atoms with van der Waals surface area (Å²) >= 11 is 0. The molecule has 0 radical (unpaired) electrons. The fourth-order valence-electron chi connectivity index (χ4n) is 7.26. The van der Waals surface area contributed by atoms with Gasteiger partial charge in [-0.25, -0.2) is 0 Å². The standard InChI is InChI=1S/C11H31O12P7Si7/c1-27-11-19-32(7-26)21-34(11)9(17-36(14,29-3)20-31(9,11)6-25)15-33(13)8(12,5-24)35(28-2)10(33,16-34)18-37(22-32,23-35)30-4/h12-14,27-30H,5-7,24-26H2,1-4H3. The van der Waals surface area contributed by atoms with E-state index in [0.29, 0.717) is 11.6 Å². The van der Waals surface area contributed by atoms with E-state index in [4.69, 9.17) is 38.6 Å². The van der Waals surface area contributed by atoms with Crippen LogP contribution in [0.5, 0.6) is 0 Å². The molecule has 7 aliphatic heterocycles. The Labute approximate surface area is 235 Å². The van der Waals surface area contributed by atoms with Crippen molar-refractivity contribution in [3.05, 3.63) is 0 Å². The lowest BCUT2D eigenvalue weighted by Crippen LogP contribution is -3.13. The molecule has 12 nitrogen and oxygen atoms in total. The monoisotopic (exact) mass is 768 g/mol. The first-order valence-corrected chi connectivity index (χ1v) is 36.2. The fraction of sp³-hybridized carbons (Fsp3) is 1.00. The van der Waals surface area contributed by atoms with Crippen molar-refractivity contribution in [2.75, 3.05) is 44.4 Å². The van der Waals surface area contributed by atoms with Gasteiger partial charge in [-0.15, -0.1) is 35.8 Å². The molecule has 18 unspecified atom stereocenters. The van der Waals surface area contributed by atoms with Gasteiger partial charge < -0.3 is 53.3 Å². The molecule has 3 N–H and O–H groups in total. The minimum atomic E-state index is -4.38. The van der Waals surface area contributed by atoms with Gasteiger partial charge in [-0.3, -0.25) is 0 Å². The van der Waals surface area contributed by atoms with E-state index in [1.54, 1.807) is 0 Å². The van der Waals surface area contributed by atoms with Gasteiger partial charge in [0.25, 0.3) is 8.32 Å². The van der Waals surface area contributed by atoms with E-state index in [9.17, 15) is 14.7 Å². The van der Waals surface area contributed by atoms with Crippen molar-refractivity contribution in [2.45, 2.75) is 19.5 Å². The van der Waals surface area contributed by atoms with Crippen LogP contribution in [-0.4, -0.2) is 138 Å². The van der Waals surface area contributed by atoms with E-state index in [0.717, 1.165) is 0 Å². The minimum Gasteiger partial charge on any atom is -0.406 e. The molecule has 0 amide bonds. The van der Waals surface area contributed by atoms with Crippen molar-refractivity contribution < 1.29 is 53.3 Å². The maximum Gasteiger partial charge on any atom is 0.512 e. The molecule has 26 heteroatoms. The van der Waals surface area contributed by atoms with E-state index < -0.39 is 78.7 Å². The average molecular weight is 769 g/mol. The van der Waals surface area contributed by atoms with Gasteiger partial charge in [-0.1, -0.05) is 8.58 Å². The largest absolute Gasteiger partial charge is 0.512 e. The van der Waals surface area contributed by atoms with Crippen LogP contribution in [0.1, 0.15) is 0 Å². The predicted octanol–water partition coefficient (Wildman–Crippen LogP) is -1.63. The molecule has 4 bridgehead atoms. The maximum absolute atomic E-state index is 12.6. The van der Waals surface area contributed by atoms with Crippen LogP contribution < -0.4 is 0 Å². The van der Waals surface area contributed by atoms with Crippen molar-refractivity contribution in [1.29, 1.82) is 0 Å². The van der Waals surface area contributed by atoms with Crippen molar-refractivity contribution in [1.82, 2.24) is 0 Å². The third-order valence-corrected chi connectivity index (χ3v) is 67.6. The molecule has 0 aromatic carbocycles. The lowest BCUT2D eigenvalue weighted by molar-refractivity contribution is -0.188. The van der Waals surface area contributed by atoms with Gasteiger partial charge in [0.2, 0.25) is 10.1 Å². The topological polar surface area (TPSA) is 144 Å². The first-order valence-electron chi connectivity index (χ1n) is 11.6. The first-order chi connectivity index (χ1) is 17.3. The molecule has 0 aliphatic carbocycles. The molecule has 0 aromatic heterocycles. The summed E-state index contributed by atoms with van der Waals surface area (Å²) in [5.74, 6) is 0.796.